The quantitative estimate of drug-likeness (QED) is 0.880. The molecular weight excluding hydrogens is 318 g/mol. The Balaban J connectivity index is 1.98. The van der Waals surface area contributed by atoms with Crippen LogP contribution < -0.4 is 15.4 Å². The van der Waals surface area contributed by atoms with Gasteiger partial charge >= 0.3 is 0 Å². The van der Waals surface area contributed by atoms with Gasteiger partial charge in [0.25, 0.3) is 5.91 Å². The normalized spacial score (nSPS) is 10.0. The lowest BCUT2D eigenvalue weighted by Gasteiger charge is -2.12. The van der Waals surface area contributed by atoms with Crippen molar-refractivity contribution in [3.8, 4) is 5.75 Å². The Morgan fingerprint density at radius 3 is 2.78 bits per heavy atom. The number of halogens is 1. The standard InChI is InChI=1S/C16H16ClN3O3/c1-10-6-13(14(23-2)7-12(10)17)20-15(21)9-19-16(22)11-4-3-5-18-8-11/h3-8H,9H2,1-2H3,(H,19,22)(H,20,21). The Hall–Kier alpha value is -2.60. The van der Waals surface area contributed by atoms with Crippen molar-refractivity contribution in [3.05, 3.63) is 52.8 Å². The van der Waals surface area contributed by atoms with Crippen molar-refractivity contribution >= 4 is 29.1 Å². The summed E-state index contributed by atoms with van der Waals surface area (Å²) < 4.78 is 5.18. The van der Waals surface area contributed by atoms with Crippen molar-refractivity contribution < 1.29 is 14.3 Å². The number of ether oxygens (including phenoxy) is 1. The largest absolute Gasteiger partial charge is 0.495 e. The molecule has 0 aliphatic rings. The molecule has 0 saturated carbocycles. The van der Waals surface area contributed by atoms with Gasteiger partial charge in [0.15, 0.2) is 0 Å². The predicted octanol–water partition coefficient (Wildman–Crippen LogP) is 2.42. The molecule has 23 heavy (non-hydrogen) atoms. The number of nitrogens with one attached hydrogen (secondary N) is 2. The van der Waals surface area contributed by atoms with E-state index in [4.69, 9.17) is 16.3 Å². The fraction of sp³-hybridized carbons (Fsp3) is 0.188. The number of hydrogen-bond donors (Lipinski definition) is 2. The molecule has 1 aromatic carbocycles. The summed E-state index contributed by atoms with van der Waals surface area (Å²) in [6, 6.07) is 6.60. The van der Waals surface area contributed by atoms with Gasteiger partial charge in [0.2, 0.25) is 5.91 Å². The van der Waals surface area contributed by atoms with E-state index in [0.29, 0.717) is 22.0 Å². The van der Waals surface area contributed by atoms with Gasteiger partial charge in [0, 0.05) is 23.5 Å². The lowest BCUT2D eigenvalue weighted by Crippen LogP contribution is -2.33. The highest BCUT2D eigenvalue weighted by Crippen LogP contribution is 2.30. The zero-order chi connectivity index (χ0) is 16.8. The highest BCUT2D eigenvalue weighted by Gasteiger charge is 2.12. The van der Waals surface area contributed by atoms with Gasteiger partial charge in [-0.05, 0) is 30.7 Å². The molecule has 6 nitrogen and oxygen atoms in total. The number of methoxy groups -OCH3 is 1. The fourth-order valence-electron chi connectivity index (χ4n) is 1.88. The molecule has 0 bridgehead atoms. The second kappa shape index (κ2) is 7.60. The molecule has 0 aliphatic heterocycles. The number of hydrogen-bond acceptors (Lipinski definition) is 4. The van der Waals surface area contributed by atoms with Crippen molar-refractivity contribution in [1.82, 2.24) is 10.3 Å². The molecule has 0 spiro atoms. The highest BCUT2D eigenvalue weighted by molar-refractivity contribution is 6.31. The zero-order valence-electron chi connectivity index (χ0n) is 12.7. The predicted molar refractivity (Wildman–Crippen MR) is 87.9 cm³/mol. The Morgan fingerprint density at radius 2 is 2.13 bits per heavy atom. The summed E-state index contributed by atoms with van der Waals surface area (Å²) in [5.41, 5.74) is 1.69. The maximum Gasteiger partial charge on any atom is 0.253 e. The van der Waals surface area contributed by atoms with Crippen LogP contribution >= 0.6 is 11.6 Å². The maximum absolute atomic E-state index is 12.0. The molecule has 0 fully saturated rings. The summed E-state index contributed by atoms with van der Waals surface area (Å²) >= 11 is 6.02. The molecule has 2 N–H and O–H groups in total. The first-order valence-corrected chi connectivity index (χ1v) is 7.21. The fourth-order valence-corrected chi connectivity index (χ4v) is 2.04. The van der Waals surface area contributed by atoms with Crippen molar-refractivity contribution in [2.75, 3.05) is 19.0 Å². The van der Waals surface area contributed by atoms with Gasteiger partial charge in [-0.25, -0.2) is 0 Å². The molecule has 0 saturated heterocycles. The van der Waals surface area contributed by atoms with E-state index < -0.39 is 0 Å². The second-order valence-corrected chi connectivity index (χ2v) is 5.18. The second-order valence-electron chi connectivity index (χ2n) is 4.77. The first-order valence-electron chi connectivity index (χ1n) is 6.83. The Labute approximate surface area is 138 Å². The van der Waals surface area contributed by atoms with Crippen LogP contribution in [0.15, 0.2) is 36.7 Å². The molecule has 7 heteroatoms. The van der Waals surface area contributed by atoms with Crippen LogP contribution in [0.2, 0.25) is 5.02 Å². The number of pyridine rings is 1. The third-order valence-corrected chi connectivity index (χ3v) is 3.50. The van der Waals surface area contributed by atoms with E-state index in [1.54, 1.807) is 30.5 Å². The number of nitrogens with zero attached hydrogens (tertiary/aromatic N) is 1. The SMILES string of the molecule is COc1cc(Cl)c(C)cc1NC(=O)CNC(=O)c1cccnc1. The molecule has 1 aromatic heterocycles. The number of rotatable bonds is 5. The summed E-state index contributed by atoms with van der Waals surface area (Å²) in [6.07, 6.45) is 3.00. The van der Waals surface area contributed by atoms with Crippen molar-refractivity contribution in [1.29, 1.82) is 0 Å². The number of benzene rings is 1. The number of carbonyl (C=O) groups is 2. The lowest BCUT2D eigenvalue weighted by molar-refractivity contribution is -0.115. The van der Waals surface area contributed by atoms with Gasteiger partial charge in [0.1, 0.15) is 5.75 Å². The van der Waals surface area contributed by atoms with Gasteiger partial charge < -0.3 is 15.4 Å². The minimum Gasteiger partial charge on any atom is -0.495 e. The first kappa shape index (κ1) is 16.8. The van der Waals surface area contributed by atoms with Crippen molar-refractivity contribution in [2.45, 2.75) is 6.92 Å². The van der Waals surface area contributed by atoms with E-state index in [1.165, 1.54) is 13.3 Å². The molecule has 2 aromatic rings. The monoisotopic (exact) mass is 333 g/mol. The summed E-state index contributed by atoms with van der Waals surface area (Å²) in [7, 11) is 1.49. The Morgan fingerprint density at radius 1 is 1.35 bits per heavy atom. The third-order valence-electron chi connectivity index (χ3n) is 3.09. The van der Waals surface area contributed by atoms with E-state index in [2.05, 4.69) is 15.6 Å². The highest BCUT2D eigenvalue weighted by atomic mass is 35.5. The Kier molecular flexibility index (Phi) is 5.54. The number of carbonyl (C=O) groups excluding carboxylic acids is 2. The minimum absolute atomic E-state index is 0.168. The van der Waals surface area contributed by atoms with Crippen molar-refractivity contribution in [3.63, 3.8) is 0 Å². The van der Waals surface area contributed by atoms with Crippen LogP contribution in [0.1, 0.15) is 15.9 Å². The molecule has 2 amide bonds. The van der Waals surface area contributed by atoms with Gasteiger partial charge in [-0.3, -0.25) is 14.6 Å². The smallest absolute Gasteiger partial charge is 0.253 e. The van der Waals surface area contributed by atoms with Gasteiger partial charge in [0.05, 0.1) is 24.9 Å². The summed E-state index contributed by atoms with van der Waals surface area (Å²) in [4.78, 5) is 27.7. The molecule has 0 aliphatic carbocycles. The molecule has 2 rings (SSSR count). The molecule has 0 atom stereocenters. The van der Waals surface area contributed by atoms with Crippen molar-refractivity contribution in [2.24, 2.45) is 0 Å². The van der Waals surface area contributed by atoms with Gasteiger partial charge in [-0.15, -0.1) is 0 Å². The minimum atomic E-state index is -0.373. The van der Waals surface area contributed by atoms with Gasteiger partial charge in [-0.2, -0.15) is 0 Å². The number of amides is 2. The molecule has 120 valence electrons. The van der Waals surface area contributed by atoms with Crippen LogP contribution in [-0.2, 0) is 4.79 Å². The average Bonchev–Trinajstić information content (AvgIpc) is 2.56. The lowest BCUT2D eigenvalue weighted by atomic mass is 10.2. The zero-order valence-corrected chi connectivity index (χ0v) is 13.5. The van der Waals surface area contributed by atoms with Crippen LogP contribution in [-0.4, -0.2) is 30.5 Å². The first-order chi connectivity index (χ1) is 11.0. The number of anilines is 1. The van der Waals surface area contributed by atoms with Crippen LogP contribution in [0.5, 0.6) is 5.75 Å². The Bertz CT molecular complexity index is 720. The van der Waals surface area contributed by atoms with E-state index >= 15 is 0 Å². The third kappa shape index (κ3) is 4.43. The van der Waals surface area contributed by atoms with Crippen LogP contribution in [0, 0.1) is 6.92 Å². The van der Waals surface area contributed by atoms with E-state index in [-0.39, 0.29) is 18.4 Å². The summed E-state index contributed by atoms with van der Waals surface area (Å²) in [5.74, 6) is -0.290. The molecule has 0 unspecified atom stereocenters. The summed E-state index contributed by atoms with van der Waals surface area (Å²) in [6.45, 7) is 1.65. The van der Waals surface area contributed by atoms with E-state index in [0.717, 1.165) is 5.56 Å². The summed E-state index contributed by atoms with van der Waals surface area (Å²) in [5, 5.41) is 5.75. The van der Waals surface area contributed by atoms with Crippen LogP contribution in [0.3, 0.4) is 0 Å². The number of aromatic nitrogens is 1. The maximum atomic E-state index is 12.0. The van der Waals surface area contributed by atoms with Crippen LogP contribution in [0.25, 0.3) is 0 Å². The molecule has 1 heterocycles. The average molecular weight is 334 g/mol. The van der Waals surface area contributed by atoms with E-state index in [1.807, 2.05) is 6.92 Å². The number of aryl methyl sites for hydroxylation is 1. The van der Waals surface area contributed by atoms with Crippen LogP contribution in [0.4, 0.5) is 5.69 Å². The topological polar surface area (TPSA) is 80.3 Å². The van der Waals surface area contributed by atoms with Gasteiger partial charge in [-0.1, -0.05) is 11.6 Å². The van der Waals surface area contributed by atoms with E-state index in [9.17, 15) is 9.59 Å². The molecule has 0 radical (unpaired) electrons. The molecular formula is C16H16ClN3O3.